The van der Waals surface area contributed by atoms with Gasteiger partial charge < -0.3 is 15.2 Å². The molecule has 23 heavy (non-hydrogen) atoms. The van der Waals surface area contributed by atoms with Crippen molar-refractivity contribution in [3.05, 3.63) is 41.7 Å². The monoisotopic (exact) mass is 316 g/mol. The fourth-order valence-corrected chi connectivity index (χ4v) is 2.36. The van der Waals surface area contributed by atoms with Crippen LogP contribution in [-0.4, -0.2) is 39.7 Å². The summed E-state index contributed by atoms with van der Waals surface area (Å²) in [7, 11) is 1.56. The smallest absolute Gasteiger partial charge is 0.273 e. The summed E-state index contributed by atoms with van der Waals surface area (Å²) in [5, 5.41) is 21.0. The van der Waals surface area contributed by atoms with E-state index in [4.69, 9.17) is 4.74 Å². The lowest BCUT2D eigenvalue weighted by atomic mass is 10.1. The number of aromatic nitrogens is 3. The standard InChI is InChI=1S/C16H20N4O3/c1-23-15-5-3-2-4-12(15)14(21)10-20-9-13(18-19-20)16(22)17-8-11-6-7-11/h2-5,9,11,14,21H,6-8,10H2,1H3,(H,17,22)/t14-/m1/s1. The molecule has 3 rings (SSSR count). The van der Waals surface area contributed by atoms with E-state index in [0.717, 1.165) is 0 Å². The van der Waals surface area contributed by atoms with Gasteiger partial charge in [0.1, 0.15) is 11.9 Å². The van der Waals surface area contributed by atoms with Crippen molar-refractivity contribution in [2.75, 3.05) is 13.7 Å². The average molecular weight is 316 g/mol. The number of benzene rings is 1. The van der Waals surface area contributed by atoms with E-state index in [-0.39, 0.29) is 18.1 Å². The summed E-state index contributed by atoms with van der Waals surface area (Å²) in [5.41, 5.74) is 0.933. The van der Waals surface area contributed by atoms with Crippen molar-refractivity contribution in [2.45, 2.75) is 25.5 Å². The Morgan fingerprint density at radius 3 is 3.00 bits per heavy atom. The minimum absolute atomic E-state index is 0.198. The number of methoxy groups -OCH3 is 1. The van der Waals surface area contributed by atoms with Crippen molar-refractivity contribution in [1.82, 2.24) is 20.3 Å². The number of aliphatic hydroxyl groups excluding tert-OH is 1. The second-order valence-electron chi connectivity index (χ2n) is 5.74. The second-order valence-corrected chi connectivity index (χ2v) is 5.74. The van der Waals surface area contributed by atoms with Crippen LogP contribution in [0.1, 0.15) is 35.0 Å². The maximum absolute atomic E-state index is 11.9. The van der Waals surface area contributed by atoms with Gasteiger partial charge in [0.25, 0.3) is 5.91 Å². The Labute approximate surface area is 134 Å². The third-order valence-corrected chi connectivity index (χ3v) is 3.88. The van der Waals surface area contributed by atoms with Crippen molar-refractivity contribution in [1.29, 1.82) is 0 Å². The zero-order chi connectivity index (χ0) is 16.2. The van der Waals surface area contributed by atoms with E-state index in [2.05, 4.69) is 15.6 Å². The summed E-state index contributed by atoms with van der Waals surface area (Å²) in [6.07, 6.45) is 3.10. The lowest BCUT2D eigenvalue weighted by Crippen LogP contribution is -2.25. The molecular formula is C16H20N4O3. The molecule has 0 saturated heterocycles. The van der Waals surface area contributed by atoms with E-state index in [1.165, 1.54) is 17.5 Å². The van der Waals surface area contributed by atoms with Crippen LogP contribution in [0.2, 0.25) is 0 Å². The zero-order valence-electron chi connectivity index (χ0n) is 13.0. The summed E-state index contributed by atoms with van der Waals surface area (Å²) in [5.74, 6) is 0.999. The maximum atomic E-state index is 11.9. The largest absolute Gasteiger partial charge is 0.496 e. The van der Waals surface area contributed by atoms with Gasteiger partial charge in [0.15, 0.2) is 5.69 Å². The van der Waals surface area contributed by atoms with Crippen LogP contribution in [0, 0.1) is 5.92 Å². The van der Waals surface area contributed by atoms with Gasteiger partial charge in [-0.15, -0.1) is 5.10 Å². The highest BCUT2D eigenvalue weighted by atomic mass is 16.5. The Hall–Kier alpha value is -2.41. The Morgan fingerprint density at radius 2 is 2.26 bits per heavy atom. The van der Waals surface area contributed by atoms with E-state index in [9.17, 15) is 9.90 Å². The van der Waals surface area contributed by atoms with E-state index >= 15 is 0 Å². The molecule has 1 aromatic heterocycles. The van der Waals surface area contributed by atoms with Crippen molar-refractivity contribution in [3.63, 3.8) is 0 Å². The lowest BCUT2D eigenvalue weighted by Gasteiger charge is -2.14. The van der Waals surface area contributed by atoms with Gasteiger partial charge in [-0.3, -0.25) is 4.79 Å². The molecule has 1 heterocycles. The number of carbonyl (C=O) groups is 1. The highest BCUT2D eigenvalue weighted by molar-refractivity contribution is 5.91. The van der Waals surface area contributed by atoms with Crippen LogP contribution in [0.15, 0.2) is 30.5 Å². The van der Waals surface area contributed by atoms with Crippen LogP contribution in [0.5, 0.6) is 5.75 Å². The van der Waals surface area contributed by atoms with Crippen LogP contribution in [0.4, 0.5) is 0 Å². The van der Waals surface area contributed by atoms with E-state index in [1.54, 1.807) is 25.4 Å². The Bertz CT molecular complexity index is 681. The summed E-state index contributed by atoms with van der Waals surface area (Å²) >= 11 is 0. The van der Waals surface area contributed by atoms with Crippen molar-refractivity contribution in [2.24, 2.45) is 5.92 Å². The van der Waals surface area contributed by atoms with Gasteiger partial charge in [-0.25, -0.2) is 4.68 Å². The van der Waals surface area contributed by atoms with Crippen molar-refractivity contribution in [3.8, 4) is 5.75 Å². The molecule has 1 amide bonds. The minimum Gasteiger partial charge on any atom is -0.496 e. The molecule has 0 radical (unpaired) electrons. The molecular weight excluding hydrogens is 296 g/mol. The Kier molecular flexibility index (Phi) is 4.57. The fraction of sp³-hybridized carbons (Fsp3) is 0.438. The first-order valence-corrected chi connectivity index (χ1v) is 7.66. The number of hydrogen-bond acceptors (Lipinski definition) is 5. The Balaban J connectivity index is 1.62. The number of nitrogens with zero attached hydrogens (tertiary/aromatic N) is 3. The Morgan fingerprint density at radius 1 is 1.48 bits per heavy atom. The predicted molar refractivity (Wildman–Crippen MR) is 83.0 cm³/mol. The number of nitrogens with one attached hydrogen (secondary N) is 1. The third-order valence-electron chi connectivity index (χ3n) is 3.88. The predicted octanol–water partition coefficient (Wildman–Crippen LogP) is 1.16. The normalized spacial score (nSPS) is 15.2. The second kappa shape index (κ2) is 6.78. The number of amides is 1. The van der Waals surface area contributed by atoms with E-state index < -0.39 is 6.10 Å². The molecule has 122 valence electrons. The minimum atomic E-state index is -0.796. The molecule has 0 bridgehead atoms. The van der Waals surface area contributed by atoms with Crippen LogP contribution >= 0.6 is 0 Å². The van der Waals surface area contributed by atoms with Crippen LogP contribution in [0.3, 0.4) is 0 Å². The molecule has 2 aromatic rings. The van der Waals surface area contributed by atoms with Crippen molar-refractivity contribution < 1.29 is 14.6 Å². The van der Waals surface area contributed by atoms with E-state index in [1.807, 2.05) is 12.1 Å². The van der Waals surface area contributed by atoms with Crippen LogP contribution in [-0.2, 0) is 6.54 Å². The van der Waals surface area contributed by atoms with Crippen LogP contribution < -0.4 is 10.1 Å². The van der Waals surface area contributed by atoms with Gasteiger partial charge in [0.05, 0.1) is 19.9 Å². The first-order chi connectivity index (χ1) is 11.2. The van der Waals surface area contributed by atoms with Gasteiger partial charge in [-0.05, 0) is 24.8 Å². The van der Waals surface area contributed by atoms with Crippen LogP contribution in [0.25, 0.3) is 0 Å². The van der Waals surface area contributed by atoms with Gasteiger partial charge in [-0.1, -0.05) is 23.4 Å². The van der Waals surface area contributed by atoms with Gasteiger partial charge in [0.2, 0.25) is 0 Å². The van der Waals surface area contributed by atoms with Gasteiger partial charge in [0, 0.05) is 12.1 Å². The van der Waals surface area contributed by atoms with E-state index in [0.29, 0.717) is 23.8 Å². The molecule has 1 aliphatic rings. The molecule has 2 N–H and O–H groups in total. The molecule has 1 atom stereocenters. The van der Waals surface area contributed by atoms with Gasteiger partial charge >= 0.3 is 0 Å². The average Bonchev–Trinajstić information content (AvgIpc) is 3.29. The number of hydrogen-bond donors (Lipinski definition) is 2. The summed E-state index contributed by atoms with van der Waals surface area (Å²) in [4.78, 5) is 11.9. The quantitative estimate of drug-likeness (QED) is 0.800. The number of ether oxygens (including phenoxy) is 1. The first kappa shape index (κ1) is 15.5. The number of aliphatic hydroxyl groups is 1. The number of carbonyl (C=O) groups excluding carboxylic acids is 1. The molecule has 7 heteroatoms. The molecule has 1 saturated carbocycles. The first-order valence-electron chi connectivity index (χ1n) is 7.66. The molecule has 0 spiro atoms. The number of rotatable bonds is 7. The number of para-hydroxylation sites is 1. The molecule has 1 fully saturated rings. The topological polar surface area (TPSA) is 89.3 Å². The lowest BCUT2D eigenvalue weighted by molar-refractivity contribution is 0.0946. The summed E-state index contributed by atoms with van der Waals surface area (Å²) in [6.45, 7) is 0.888. The van der Waals surface area contributed by atoms with Crippen molar-refractivity contribution >= 4 is 5.91 Å². The molecule has 1 aliphatic carbocycles. The molecule has 7 nitrogen and oxygen atoms in total. The van der Waals surface area contributed by atoms with Gasteiger partial charge in [-0.2, -0.15) is 0 Å². The summed E-state index contributed by atoms with van der Waals surface area (Å²) in [6, 6.07) is 7.26. The highest BCUT2D eigenvalue weighted by Crippen LogP contribution is 2.27. The SMILES string of the molecule is COc1ccccc1[C@H](O)Cn1cc(C(=O)NCC2CC2)nn1. The molecule has 0 unspecified atom stereocenters. The fourth-order valence-electron chi connectivity index (χ4n) is 2.36. The maximum Gasteiger partial charge on any atom is 0.273 e. The molecule has 1 aromatic carbocycles. The summed E-state index contributed by atoms with van der Waals surface area (Å²) < 4.78 is 6.70. The third kappa shape index (κ3) is 3.87. The zero-order valence-corrected chi connectivity index (χ0v) is 13.0. The molecule has 0 aliphatic heterocycles. The highest BCUT2D eigenvalue weighted by Gasteiger charge is 2.23.